The number of nitro benzene ring substituents is 1. The van der Waals surface area contributed by atoms with E-state index in [4.69, 9.17) is 0 Å². The number of aromatic nitrogens is 1. The number of para-hydroxylation sites is 1. The minimum Gasteiger partial charge on any atom is -0.349 e. The highest BCUT2D eigenvalue weighted by molar-refractivity contribution is 5.47. The normalized spacial score (nSPS) is 14.0. The van der Waals surface area contributed by atoms with Crippen LogP contribution < -0.4 is 4.90 Å². The van der Waals surface area contributed by atoms with Crippen molar-refractivity contribution in [2.24, 2.45) is 0 Å². The Bertz CT molecular complexity index is 673. The summed E-state index contributed by atoms with van der Waals surface area (Å²) in [6, 6.07) is 11.5. The van der Waals surface area contributed by atoms with Crippen LogP contribution in [0.25, 0.3) is 0 Å². The third-order valence-electron chi connectivity index (χ3n) is 3.51. The number of hydrogen-bond acceptors (Lipinski definition) is 4. The summed E-state index contributed by atoms with van der Waals surface area (Å²) in [4.78, 5) is 16.5. The van der Waals surface area contributed by atoms with Crippen molar-refractivity contribution in [1.82, 2.24) is 4.98 Å². The standard InChI is InChI=1S/C15H14FN3O2/c16-14-6-3-7-15(17-14)18(12-8-9-12)10-11-4-1-2-5-13(11)19(20)21/h1-7,12H,8-10H2. The molecule has 1 aliphatic carbocycles. The molecule has 3 rings (SSSR count). The SMILES string of the molecule is O=[N+]([O-])c1ccccc1CN(c1cccc(F)n1)C1CC1. The maximum atomic E-state index is 13.3. The van der Waals surface area contributed by atoms with Crippen molar-refractivity contribution in [2.75, 3.05) is 4.90 Å². The Balaban J connectivity index is 1.92. The third kappa shape index (κ3) is 2.99. The van der Waals surface area contributed by atoms with E-state index in [0.29, 0.717) is 17.9 Å². The van der Waals surface area contributed by atoms with Crippen molar-refractivity contribution in [1.29, 1.82) is 0 Å². The van der Waals surface area contributed by atoms with Gasteiger partial charge in [-0.15, -0.1) is 0 Å². The van der Waals surface area contributed by atoms with E-state index in [2.05, 4.69) is 4.98 Å². The predicted octanol–water partition coefficient (Wildman–Crippen LogP) is 3.30. The fourth-order valence-corrected chi connectivity index (χ4v) is 2.35. The molecule has 0 aliphatic heterocycles. The Morgan fingerprint density at radius 3 is 2.67 bits per heavy atom. The van der Waals surface area contributed by atoms with E-state index in [9.17, 15) is 14.5 Å². The summed E-state index contributed by atoms with van der Waals surface area (Å²) in [5, 5.41) is 11.1. The van der Waals surface area contributed by atoms with Gasteiger partial charge in [0.2, 0.25) is 5.95 Å². The average Bonchev–Trinajstić information content (AvgIpc) is 3.29. The average molecular weight is 287 g/mol. The maximum absolute atomic E-state index is 13.3. The van der Waals surface area contributed by atoms with Gasteiger partial charge in [0, 0.05) is 17.7 Å². The van der Waals surface area contributed by atoms with Crippen molar-refractivity contribution in [3.05, 3.63) is 64.1 Å². The van der Waals surface area contributed by atoms with Gasteiger partial charge in [0.1, 0.15) is 5.82 Å². The summed E-state index contributed by atoms with van der Waals surface area (Å²) < 4.78 is 13.3. The van der Waals surface area contributed by atoms with E-state index in [1.54, 1.807) is 30.3 Å². The van der Waals surface area contributed by atoms with Crippen molar-refractivity contribution in [3.63, 3.8) is 0 Å². The molecule has 2 aromatic rings. The lowest BCUT2D eigenvalue weighted by Crippen LogP contribution is -2.26. The molecule has 0 radical (unpaired) electrons. The van der Waals surface area contributed by atoms with Gasteiger partial charge in [0.15, 0.2) is 0 Å². The molecule has 0 atom stereocenters. The molecule has 1 aromatic heterocycles. The largest absolute Gasteiger partial charge is 0.349 e. The first kappa shape index (κ1) is 13.5. The Kier molecular flexibility index (Phi) is 3.51. The Labute approximate surface area is 121 Å². The topological polar surface area (TPSA) is 59.3 Å². The lowest BCUT2D eigenvalue weighted by Gasteiger charge is -2.23. The highest BCUT2D eigenvalue weighted by Gasteiger charge is 2.31. The zero-order chi connectivity index (χ0) is 14.8. The van der Waals surface area contributed by atoms with Crippen LogP contribution in [0.1, 0.15) is 18.4 Å². The van der Waals surface area contributed by atoms with Crippen LogP contribution in [0.2, 0.25) is 0 Å². The number of nitrogens with zero attached hydrogens (tertiary/aromatic N) is 3. The van der Waals surface area contributed by atoms with E-state index < -0.39 is 5.95 Å². The van der Waals surface area contributed by atoms with Crippen LogP contribution >= 0.6 is 0 Å². The van der Waals surface area contributed by atoms with Crippen LogP contribution in [0.5, 0.6) is 0 Å². The van der Waals surface area contributed by atoms with Crippen LogP contribution in [-0.4, -0.2) is 15.9 Å². The maximum Gasteiger partial charge on any atom is 0.274 e. The molecule has 5 nitrogen and oxygen atoms in total. The smallest absolute Gasteiger partial charge is 0.274 e. The summed E-state index contributed by atoms with van der Waals surface area (Å²) in [7, 11) is 0. The highest BCUT2D eigenvalue weighted by Crippen LogP contribution is 2.33. The molecule has 1 aliphatic rings. The van der Waals surface area contributed by atoms with Gasteiger partial charge in [-0.2, -0.15) is 4.39 Å². The lowest BCUT2D eigenvalue weighted by molar-refractivity contribution is -0.385. The summed E-state index contributed by atoms with van der Waals surface area (Å²) in [6.07, 6.45) is 2.00. The second-order valence-corrected chi connectivity index (χ2v) is 5.06. The van der Waals surface area contributed by atoms with Gasteiger partial charge in [-0.3, -0.25) is 10.1 Å². The zero-order valence-corrected chi connectivity index (χ0v) is 11.3. The molecule has 108 valence electrons. The number of rotatable bonds is 5. The molecule has 1 aromatic carbocycles. The van der Waals surface area contributed by atoms with Gasteiger partial charge in [-0.25, -0.2) is 4.98 Å². The van der Waals surface area contributed by atoms with E-state index >= 15 is 0 Å². The molecular weight excluding hydrogens is 273 g/mol. The first-order valence-electron chi connectivity index (χ1n) is 6.76. The monoisotopic (exact) mass is 287 g/mol. The van der Waals surface area contributed by atoms with E-state index in [0.717, 1.165) is 12.8 Å². The van der Waals surface area contributed by atoms with Gasteiger partial charge in [0.05, 0.1) is 11.5 Å². The summed E-state index contributed by atoms with van der Waals surface area (Å²) >= 11 is 0. The quantitative estimate of drug-likeness (QED) is 0.481. The van der Waals surface area contributed by atoms with Gasteiger partial charge in [-0.1, -0.05) is 24.3 Å². The molecule has 0 bridgehead atoms. The summed E-state index contributed by atoms with van der Waals surface area (Å²) in [5.41, 5.74) is 0.694. The second-order valence-electron chi connectivity index (χ2n) is 5.06. The number of anilines is 1. The summed E-state index contributed by atoms with van der Waals surface area (Å²) in [6.45, 7) is 0.359. The highest BCUT2D eigenvalue weighted by atomic mass is 19.1. The Morgan fingerprint density at radius 1 is 1.24 bits per heavy atom. The van der Waals surface area contributed by atoms with Gasteiger partial charge in [-0.05, 0) is 25.0 Å². The number of pyridine rings is 1. The van der Waals surface area contributed by atoms with Crippen molar-refractivity contribution < 1.29 is 9.31 Å². The first-order valence-corrected chi connectivity index (χ1v) is 6.76. The molecule has 0 amide bonds. The Morgan fingerprint density at radius 2 is 2.00 bits per heavy atom. The van der Waals surface area contributed by atoms with Crippen molar-refractivity contribution in [3.8, 4) is 0 Å². The lowest BCUT2D eigenvalue weighted by atomic mass is 10.1. The van der Waals surface area contributed by atoms with Gasteiger partial charge in [0.25, 0.3) is 5.69 Å². The van der Waals surface area contributed by atoms with E-state index in [1.807, 2.05) is 4.90 Å². The minimum atomic E-state index is -0.541. The predicted molar refractivity (Wildman–Crippen MR) is 76.5 cm³/mol. The molecular formula is C15H14FN3O2. The summed E-state index contributed by atoms with van der Waals surface area (Å²) in [5.74, 6) is -0.0173. The molecule has 1 saturated carbocycles. The Hall–Kier alpha value is -2.50. The van der Waals surface area contributed by atoms with Crippen molar-refractivity contribution >= 4 is 11.5 Å². The molecule has 21 heavy (non-hydrogen) atoms. The first-order chi connectivity index (χ1) is 10.1. The molecule has 0 unspecified atom stereocenters. The van der Waals surface area contributed by atoms with Crippen LogP contribution in [-0.2, 0) is 6.54 Å². The van der Waals surface area contributed by atoms with Crippen LogP contribution in [0.15, 0.2) is 42.5 Å². The van der Waals surface area contributed by atoms with Crippen LogP contribution in [0, 0.1) is 16.1 Å². The molecule has 0 spiro atoms. The molecule has 0 N–H and O–H groups in total. The number of benzene rings is 1. The third-order valence-corrected chi connectivity index (χ3v) is 3.51. The zero-order valence-electron chi connectivity index (χ0n) is 11.3. The molecule has 6 heteroatoms. The van der Waals surface area contributed by atoms with E-state index in [1.165, 1.54) is 12.1 Å². The second kappa shape index (κ2) is 5.47. The van der Waals surface area contributed by atoms with Crippen LogP contribution in [0.3, 0.4) is 0 Å². The number of hydrogen-bond donors (Lipinski definition) is 0. The number of halogens is 1. The molecule has 0 saturated heterocycles. The van der Waals surface area contributed by atoms with Gasteiger partial charge >= 0.3 is 0 Å². The van der Waals surface area contributed by atoms with Gasteiger partial charge < -0.3 is 4.90 Å². The molecule has 1 fully saturated rings. The van der Waals surface area contributed by atoms with Crippen LogP contribution in [0.4, 0.5) is 15.9 Å². The van der Waals surface area contributed by atoms with E-state index in [-0.39, 0.29) is 16.7 Å². The fourth-order valence-electron chi connectivity index (χ4n) is 2.35. The number of nitro groups is 1. The minimum absolute atomic E-state index is 0.0829. The van der Waals surface area contributed by atoms with Crippen molar-refractivity contribution in [2.45, 2.75) is 25.4 Å². The molecule has 1 heterocycles. The fraction of sp³-hybridized carbons (Fsp3) is 0.267.